The topological polar surface area (TPSA) is 51.1 Å². The average molecular weight is 279 g/mol. The van der Waals surface area contributed by atoms with Crippen LogP contribution in [-0.2, 0) is 0 Å². The van der Waals surface area contributed by atoms with Crippen molar-refractivity contribution in [3.63, 3.8) is 0 Å². The summed E-state index contributed by atoms with van der Waals surface area (Å²) in [5, 5.41) is 1.15. The van der Waals surface area contributed by atoms with E-state index in [4.69, 9.17) is 16.3 Å². The van der Waals surface area contributed by atoms with E-state index in [1.165, 1.54) is 19.3 Å². The van der Waals surface area contributed by atoms with Crippen molar-refractivity contribution < 1.29 is 4.74 Å². The standard InChI is InChI=1S/C13H15ClN4O/c1-19-10-8-15-7-9-11(10)12(17-13(14)16-9)18-5-3-2-4-6-18/h7-8H,2-6H2,1H3. The van der Waals surface area contributed by atoms with Crippen LogP contribution in [0.25, 0.3) is 10.9 Å². The summed E-state index contributed by atoms with van der Waals surface area (Å²) in [6, 6.07) is 0. The first-order chi connectivity index (χ1) is 9.29. The highest BCUT2D eigenvalue weighted by atomic mass is 35.5. The maximum Gasteiger partial charge on any atom is 0.224 e. The van der Waals surface area contributed by atoms with Crippen molar-refractivity contribution in [3.8, 4) is 5.75 Å². The van der Waals surface area contributed by atoms with E-state index >= 15 is 0 Å². The summed E-state index contributed by atoms with van der Waals surface area (Å²) in [5.41, 5.74) is 0.722. The second-order valence-electron chi connectivity index (χ2n) is 4.60. The summed E-state index contributed by atoms with van der Waals surface area (Å²) < 4.78 is 5.39. The molecule has 0 unspecified atom stereocenters. The molecule has 2 aromatic heterocycles. The largest absolute Gasteiger partial charge is 0.494 e. The van der Waals surface area contributed by atoms with E-state index in [0.717, 1.165) is 29.8 Å². The molecular weight excluding hydrogens is 264 g/mol. The molecule has 100 valence electrons. The van der Waals surface area contributed by atoms with Crippen LogP contribution in [0, 0.1) is 0 Å². The number of rotatable bonds is 2. The summed E-state index contributed by atoms with van der Waals surface area (Å²) in [7, 11) is 1.63. The van der Waals surface area contributed by atoms with Crippen molar-refractivity contribution >= 4 is 28.3 Å². The van der Waals surface area contributed by atoms with Gasteiger partial charge in [-0.25, -0.2) is 4.98 Å². The van der Waals surface area contributed by atoms with Gasteiger partial charge in [-0.15, -0.1) is 0 Å². The molecular formula is C13H15ClN4O. The van der Waals surface area contributed by atoms with Gasteiger partial charge in [-0.05, 0) is 30.9 Å². The number of hydrogen-bond acceptors (Lipinski definition) is 5. The minimum atomic E-state index is 0.253. The van der Waals surface area contributed by atoms with E-state index < -0.39 is 0 Å². The number of aromatic nitrogens is 3. The molecule has 5 nitrogen and oxygen atoms in total. The van der Waals surface area contributed by atoms with Crippen LogP contribution < -0.4 is 9.64 Å². The van der Waals surface area contributed by atoms with Crippen molar-refractivity contribution in [2.45, 2.75) is 19.3 Å². The summed E-state index contributed by atoms with van der Waals surface area (Å²) >= 11 is 6.02. The molecule has 0 aliphatic carbocycles. The second kappa shape index (κ2) is 5.17. The Kier molecular flexibility index (Phi) is 3.38. The molecule has 0 aromatic carbocycles. The molecule has 6 heteroatoms. The van der Waals surface area contributed by atoms with Crippen LogP contribution in [-0.4, -0.2) is 35.2 Å². The van der Waals surface area contributed by atoms with Crippen LogP contribution in [0.2, 0.25) is 5.28 Å². The van der Waals surface area contributed by atoms with Crippen molar-refractivity contribution in [2.75, 3.05) is 25.1 Å². The van der Waals surface area contributed by atoms with Crippen LogP contribution in [0.3, 0.4) is 0 Å². The summed E-state index contributed by atoms with van der Waals surface area (Å²) in [6.07, 6.45) is 7.00. The van der Waals surface area contributed by atoms with Gasteiger partial charge in [0.05, 0.1) is 30.4 Å². The Morgan fingerprint density at radius 1 is 1.16 bits per heavy atom. The number of fused-ring (bicyclic) bond motifs is 1. The Labute approximate surface area is 116 Å². The molecule has 1 fully saturated rings. The number of piperidine rings is 1. The lowest BCUT2D eigenvalue weighted by atomic mass is 10.1. The zero-order valence-corrected chi connectivity index (χ0v) is 11.5. The molecule has 0 saturated carbocycles. The van der Waals surface area contributed by atoms with Gasteiger partial charge in [0.25, 0.3) is 0 Å². The predicted octanol–water partition coefficient (Wildman–Crippen LogP) is 2.68. The van der Waals surface area contributed by atoms with E-state index in [2.05, 4.69) is 19.9 Å². The number of hydrogen-bond donors (Lipinski definition) is 0. The van der Waals surface area contributed by atoms with E-state index in [9.17, 15) is 0 Å². The Hall–Kier alpha value is -1.62. The lowest BCUT2D eigenvalue weighted by Gasteiger charge is -2.28. The molecule has 2 aromatic rings. The lowest BCUT2D eigenvalue weighted by molar-refractivity contribution is 0.417. The SMILES string of the molecule is COc1cncc2nc(Cl)nc(N3CCCCC3)c12. The zero-order chi connectivity index (χ0) is 13.2. The molecule has 3 heterocycles. The predicted molar refractivity (Wildman–Crippen MR) is 75.0 cm³/mol. The third-order valence-corrected chi connectivity index (χ3v) is 3.57. The van der Waals surface area contributed by atoms with E-state index in [0.29, 0.717) is 5.75 Å². The minimum absolute atomic E-state index is 0.253. The average Bonchev–Trinajstić information content (AvgIpc) is 2.46. The summed E-state index contributed by atoms with van der Waals surface area (Å²) in [5.74, 6) is 1.55. The van der Waals surface area contributed by atoms with Gasteiger partial charge in [-0.1, -0.05) is 0 Å². The quantitative estimate of drug-likeness (QED) is 0.791. The normalized spacial score (nSPS) is 15.8. The molecule has 1 saturated heterocycles. The van der Waals surface area contributed by atoms with Crippen LogP contribution >= 0.6 is 11.6 Å². The van der Waals surface area contributed by atoms with E-state index in [-0.39, 0.29) is 5.28 Å². The van der Waals surface area contributed by atoms with Gasteiger partial charge in [0.15, 0.2) is 0 Å². The first-order valence-electron chi connectivity index (χ1n) is 6.40. The van der Waals surface area contributed by atoms with Gasteiger partial charge >= 0.3 is 0 Å². The maximum absolute atomic E-state index is 6.02. The van der Waals surface area contributed by atoms with E-state index in [1.807, 2.05) is 0 Å². The van der Waals surface area contributed by atoms with Crippen molar-refractivity contribution in [2.24, 2.45) is 0 Å². The molecule has 19 heavy (non-hydrogen) atoms. The summed E-state index contributed by atoms with van der Waals surface area (Å²) in [4.78, 5) is 15.0. The van der Waals surface area contributed by atoms with Crippen LogP contribution in [0.4, 0.5) is 5.82 Å². The smallest absolute Gasteiger partial charge is 0.224 e. The highest BCUT2D eigenvalue weighted by molar-refractivity contribution is 6.28. The fourth-order valence-electron chi connectivity index (χ4n) is 2.50. The molecule has 0 bridgehead atoms. The molecule has 1 aliphatic rings. The Morgan fingerprint density at radius 2 is 1.95 bits per heavy atom. The third-order valence-electron chi connectivity index (χ3n) is 3.40. The van der Waals surface area contributed by atoms with Crippen LogP contribution in [0.5, 0.6) is 5.75 Å². The van der Waals surface area contributed by atoms with Crippen LogP contribution in [0.15, 0.2) is 12.4 Å². The van der Waals surface area contributed by atoms with Crippen LogP contribution in [0.1, 0.15) is 19.3 Å². The van der Waals surface area contributed by atoms with Gasteiger partial charge < -0.3 is 9.64 Å². The second-order valence-corrected chi connectivity index (χ2v) is 4.94. The molecule has 0 N–H and O–H groups in total. The third kappa shape index (κ3) is 2.30. The fraction of sp³-hybridized carbons (Fsp3) is 0.462. The highest BCUT2D eigenvalue weighted by Crippen LogP contribution is 2.33. The first kappa shape index (κ1) is 12.4. The Morgan fingerprint density at radius 3 is 2.68 bits per heavy atom. The number of nitrogens with zero attached hydrogens (tertiary/aromatic N) is 4. The Balaban J connectivity index is 2.20. The van der Waals surface area contributed by atoms with Gasteiger partial charge in [-0.3, -0.25) is 4.98 Å². The molecule has 1 aliphatic heterocycles. The number of pyridine rings is 1. The highest BCUT2D eigenvalue weighted by Gasteiger charge is 2.19. The van der Waals surface area contributed by atoms with Crippen molar-refractivity contribution in [3.05, 3.63) is 17.7 Å². The lowest BCUT2D eigenvalue weighted by Crippen LogP contribution is -2.30. The maximum atomic E-state index is 6.02. The van der Waals surface area contributed by atoms with Gasteiger partial charge in [-0.2, -0.15) is 4.98 Å². The van der Waals surface area contributed by atoms with Gasteiger partial charge in [0.2, 0.25) is 5.28 Å². The van der Waals surface area contributed by atoms with Crippen molar-refractivity contribution in [1.82, 2.24) is 15.0 Å². The number of methoxy groups -OCH3 is 1. The van der Waals surface area contributed by atoms with Gasteiger partial charge in [0.1, 0.15) is 11.6 Å². The van der Waals surface area contributed by atoms with Crippen molar-refractivity contribution in [1.29, 1.82) is 0 Å². The number of halogens is 1. The molecule has 0 spiro atoms. The monoisotopic (exact) mass is 278 g/mol. The first-order valence-corrected chi connectivity index (χ1v) is 6.77. The van der Waals surface area contributed by atoms with Gasteiger partial charge in [0, 0.05) is 13.1 Å². The Bertz CT molecular complexity index is 598. The number of anilines is 1. The summed E-state index contributed by atoms with van der Waals surface area (Å²) in [6.45, 7) is 1.99. The fourth-order valence-corrected chi connectivity index (χ4v) is 2.67. The van der Waals surface area contributed by atoms with E-state index in [1.54, 1.807) is 19.5 Å². The molecule has 0 atom stereocenters. The molecule has 3 rings (SSSR count). The number of ether oxygens (including phenoxy) is 1. The minimum Gasteiger partial charge on any atom is -0.494 e. The molecule has 0 amide bonds. The molecule has 0 radical (unpaired) electrons. The zero-order valence-electron chi connectivity index (χ0n) is 10.8.